The molecule has 0 aromatic heterocycles. The summed E-state index contributed by atoms with van der Waals surface area (Å²) < 4.78 is 48.2. The third kappa shape index (κ3) is 4.15. The summed E-state index contributed by atoms with van der Waals surface area (Å²) in [5.41, 5.74) is 0. The van der Waals surface area contributed by atoms with Gasteiger partial charge in [-0.15, -0.1) is 0 Å². The van der Waals surface area contributed by atoms with Crippen molar-refractivity contribution in [2.45, 2.75) is 26.0 Å². The predicted octanol–water partition coefficient (Wildman–Crippen LogP) is -0.389. The number of hydrogen-bond acceptors (Lipinski definition) is 6. The maximum atomic E-state index is 11.2. The lowest BCUT2D eigenvalue weighted by atomic mass is 10.4. The van der Waals surface area contributed by atoms with Gasteiger partial charge in [0, 0.05) is 6.54 Å². The van der Waals surface area contributed by atoms with Crippen LogP contribution in [-0.2, 0) is 25.4 Å². The van der Waals surface area contributed by atoms with Gasteiger partial charge >= 0.3 is 0 Å². The zero-order chi connectivity index (χ0) is 11.5. The fourth-order valence-electron chi connectivity index (χ4n) is 1.42. The Morgan fingerprint density at radius 1 is 1.60 bits per heavy atom. The van der Waals surface area contributed by atoms with Crippen molar-refractivity contribution in [1.82, 2.24) is 4.90 Å². The van der Waals surface area contributed by atoms with Gasteiger partial charge in [0.15, 0.2) is 0 Å². The summed E-state index contributed by atoms with van der Waals surface area (Å²) in [4.78, 5) is 1.51. The van der Waals surface area contributed by atoms with Crippen molar-refractivity contribution in [1.29, 1.82) is 0 Å². The summed E-state index contributed by atoms with van der Waals surface area (Å²) in [5, 5.41) is 0. The van der Waals surface area contributed by atoms with Crippen molar-refractivity contribution < 1.29 is 21.4 Å². The molecule has 1 unspecified atom stereocenters. The molecule has 0 aromatic carbocycles. The summed E-state index contributed by atoms with van der Waals surface area (Å²) in [7, 11) is -3.51. The molecule has 0 N–H and O–H groups in total. The van der Waals surface area contributed by atoms with Crippen molar-refractivity contribution in [3.63, 3.8) is 0 Å². The number of likely N-dealkylation sites (tertiary alicyclic amines) is 1. The quantitative estimate of drug-likeness (QED) is 0.492. The van der Waals surface area contributed by atoms with Gasteiger partial charge in [-0.25, -0.2) is 0 Å². The molecule has 0 aliphatic carbocycles. The predicted molar refractivity (Wildman–Crippen MR) is 54.1 cm³/mol. The van der Waals surface area contributed by atoms with Crippen LogP contribution in [0.15, 0.2) is 0 Å². The van der Waals surface area contributed by atoms with Crippen LogP contribution in [0.5, 0.6) is 0 Å². The third-order valence-corrected chi connectivity index (χ3v) is 3.95. The van der Waals surface area contributed by atoms with Crippen LogP contribution in [0.1, 0.15) is 19.8 Å². The van der Waals surface area contributed by atoms with Crippen molar-refractivity contribution in [2.75, 3.05) is 18.2 Å². The Balaban J connectivity index is 2.57. The SMILES string of the molecule is CCS(=O)(=O)O[C@@H]1CCCN1CS(=O)[O-]. The van der Waals surface area contributed by atoms with E-state index in [1.165, 1.54) is 11.8 Å². The van der Waals surface area contributed by atoms with Crippen LogP contribution in [-0.4, -0.2) is 46.5 Å². The van der Waals surface area contributed by atoms with Crippen molar-refractivity contribution in [3.05, 3.63) is 0 Å². The van der Waals surface area contributed by atoms with E-state index < -0.39 is 27.4 Å². The van der Waals surface area contributed by atoms with Crippen LogP contribution in [0, 0.1) is 0 Å². The molecular formula is C7H14NO5S2-. The smallest absolute Gasteiger partial charge is 0.268 e. The van der Waals surface area contributed by atoms with E-state index in [1.807, 2.05) is 0 Å². The number of rotatable bonds is 5. The molecule has 1 aliphatic rings. The fraction of sp³-hybridized carbons (Fsp3) is 1.00. The lowest BCUT2D eigenvalue weighted by Gasteiger charge is -2.24. The number of nitrogens with zero attached hydrogens (tertiary/aromatic N) is 1. The van der Waals surface area contributed by atoms with Crippen LogP contribution >= 0.6 is 0 Å². The summed E-state index contributed by atoms with van der Waals surface area (Å²) in [6.45, 7) is 2.04. The molecule has 1 saturated heterocycles. The molecule has 2 atom stereocenters. The minimum absolute atomic E-state index is 0.0994. The van der Waals surface area contributed by atoms with Gasteiger partial charge in [-0.2, -0.15) is 8.42 Å². The first-order valence-electron chi connectivity index (χ1n) is 4.65. The van der Waals surface area contributed by atoms with E-state index in [0.717, 1.165) is 6.42 Å². The molecule has 1 fully saturated rings. The average molecular weight is 256 g/mol. The van der Waals surface area contributed by atoms with Gasteiger partial charge in [0.1, 0.15) is 6.23 Å². The van der Waals surface area contributed by atoms with Crippen molar-refractivity contribution in [2.24, 2.45) is 0 Å². The first-order chi connectivity index (χ1) is 6.94. The van der Waals surface area contributed by atoms with Crippen LogP contribution in [0.2, 0.25) is 0 Å². The van der Waals surface area contributed by atoms with Gasteiger partial charge in [-0.1, -0.05) is 0 Å². The maximum Gasteiger partial charge on any atom is 0.268 e. The lowest BCUT2D eigenvalue weighted by Crippen LogP contribution is -2.36. The molecule has 15 heavy (non-hydrogen) atoms. The van der Waals surface area contributed by atoms with E-state index >= 15 is 0 Å². The Kier molecular flexibility index (Phi) is 4.65. The Bertz CT molecular complexity index is 328. The molecule has 0 aromatic rings. The largest absolute Gasteiger partial charge is 0.771 e. The van der Waals surface area contributed by atoms with E-state index in [9.17, 15) is 17.2 Å². The zero-order valence-electron chi connectivity index (χ0n) is 8.42. The Labute approximate surface area is 92.0 Å². The molecule has 1 rings (SSSR count). The second kappa shape index (κ2) is 5.35. The molecule has 0 spiro atoms. The highest BCUT2D eigenvalue weighted by molar-refractivity contribution is 7.86. The zero-order valence-corrected chi connectivity index (χ0v) is 10.1. The van der Waals surface area contributed by atoms with Crippen LogP contribution in [0.4, 0.5) is 0 Å². The summed E-state index contributed by atoms with van der Waals surface area (Å²) >= 11 is -2.21. The van der Waals surface area contributed by atoms with E-state index in [0.29, 0.717) is 13.0 Å². The van der Waals surface area contributed by atoms with Crippen molar-refractivity contribution in [3.8, 4) is 0 Å². The minimum atomic E-state index is -3.51. The monoisotopic (exact) mass is 256 g/mol. The van der Waals surface area contributed by atoms with Gasteiger partial charge in [-0.05, 0) is 30.8 Å². The second-order valence-electron chi connectivity index (χ2n) is 3.28. The summed E-state index contributed by atoms with van der Waals surface area (Å²) in [6.07, 6.45) is 0.685. The number of hydrogen-bond donors (Lipinski definition) is 0. The fourth-order valence-corrected chi connectivity index (χ4v) is 2.68. The van der Waals surface area contributed by atoms with Crippen LogP contribution < -0.4 is 0 Å². The highest BCUT2D eigenvalue weighted by Gasteiger charge is 2.29. The standard InChI is InChI=1S/C7H15NO5S2/c1-2-15(11,12)13-7-4-3-5-8(7)6-14(9)10/h7H,2-6H2,1H3,(H,9,10)/p-1/t7-/m1/s1. The molecule has 0 bridgehead atoms. The minimum Gasteiger partial charge on any atom is -0.771 e. The molecule has 90 valence electrons. The first-order valence-corrected chi connectivity index (χ1v) is 7.47. The van der Waals surface area contributed by atoms with Gasteiger partial charge in [0.2, 0.25) is 0 Å². The Hall–Kier alpha value is -0.0200. The molecule has 0 saturated carbocycles. The van der Waals surface area contributed by atoms with E-state index in [-0.39, 0.29) is 11.6 Å². The molecule has 1 heterocycles. The van der Waals surface area contributed by atoms with Gasteiger partial charge < -0.3 is 4.55 Å². The average Bonchev–Trinajstić information content (AvgIpc) is 2.51. The molecule has 6 nitrogen and oxygen atoms in total. The van der Waals surface area contributed by atoms with Crippen LogP contribution in [0.25, 0.3) is 0 Å². The lowest BCUT2D eigenvalue weighted by molar-refractivity contribution is 0.0809. The molecule has 8 heteroatoms. The van der Waals surface area contributed by atoms with Gasteiger partial charge in [0.25, 0.3) is 10.1 Å². The molecule has 0 radical (unpaired) electrons. The van der Waals surface area contributed by atoms with E-state index in [2.05, 4.69) is 0 Å². The first kappa shape index (κ1) is 13.0. The topological polar surface area (TPSA) is 86.7 Å². The second-order valence-corrected chi connectivity index (χ2v) is 6.04. The Morgan fingerprint density at radius 2 is 2.27 bits per heavy atom. The normalized spacial score (nSPS) is 25.6. The van der Waals surface area contributed by atoms with Gasteiger partial charge in [-0.3, -0.25) is 13.3 Å². The molecule has 1 aliphatic heterocycles. The third-order valence-electron chi connectivity index (χ3n) is 2.19. The highest BCUT2D eigenvalue weighted by atomic mass is 32.2. The summed E-state index contributed by atoms with van der Waals surface area (Å²) in [5.74, 6) is -0.276. The Morgan fingerprint density at radius 3 is 2.80 bits per heavy atom. The van der Waals surface area contributed by atoms with Crippen LogP contribution in [0.3, 0.4) is 0 Å². The van der Waals surface area contributed by atoms with E-state index in [1.54, 1.807) is 0 Å². The summed E-state index contributed by atoms with van der Waals surface area (Å²) in [6, 6.07) is 0. The molecular weight excluding hydrogens is 242 g/mol. The van der Waals surface area contributed by atoms with E-state index in [4.69, 9.17) is 4.18 Å². The maximum absolute atomic E-state index is 11.2. The van der Waals surface area contributed by atoms with Crippen molar-refractivity contribution >= 4 is 21.2 Å². The molecule has 0 amide bonds. The van der Waals surface area contributed by atoms with Gasteiger partial charge in [0.05, 0.1) is 11.6 Å². The highest BCUT2D eigenvalue weighted by Crippen LogP contribution is 2.20.